The van der Waals surface area contributed by atoms with E-state index in [0.717, 1.165) is 6.54 Å². The highest BCUT2D eigenvalue weighted by Gasteiger charge is 1.97. The van der Waals surface area contributed by atoms with E-state index in [-0.39, 0.29) is 5.78 Å². The lowest BCUT2D eigenvalue weighted by atomic mass is 10.2. The van der Waals surface area contributed by atoms with Gasteiger partial charge >= 0.3 is 0 Å². The number of likely N-dealkylation sites (N-methyl/N-ethyl adjacent to an activating group) is 1. The number of nitrogens with one attached hydrogen (secondary N) is 1. The summed E-state index contributed by atoms with van der Waals surface area (Å²) in [4.78, 5) is 10.9. The van der Waals surface area contributed by atoms with Crippen LogP contribution in [0.4, 0.5) is 0 Å². The Morgan fingerprint density at radius 1 is 0.895 bits per heavy atom. The fourth-order valence-corrected chi connectivity index (χ4v) is 1.08. The first-order valence-corrected chi connectivity index (χ1v) is 7.20. The number of carbonyl (C=O) groups is 1. The third kappa shape index (κ3) is 20.0. The highest BCUT2D eigenvalue weighted by atomic mass is 16.5. The van der Waals surface area contributed by atoms with Gasteiger partial charge < -0.3 is 19.5 Å². The van der Waals surface area contributed by atoms with Crippen molar-refractivity contribution in [2.75, 3.05) is 53.2 Å². The molecule has 1 N–H and O–H groups in total. The number of ether oxygens (including phenoxy) is 3. The van der Waals surface area contributed by atoms with Gasteiger partial charge in [-0.3, -0.25) is 4.79 Å². The molecule has 5 heteroatoms. The van der Waals surface area contributed by atoms with Crippen LogP contribution in [0.2, 0.25) is 0 Å². The van der Waals surface area contributed by atoms with E-state index in [2.05, 4.69) is 5.32 Å². The molecule has 0 rings (SSSR count). The number of hydrogen-bond donors (Lipinski definition) is 1. The number of hydrogen-bond acceptors (Lipinski definition) is 5. The van der Waals surface area contributed by atoms with Crippen molar-refractivity contribution >= 4 is 5.78 Å². The number of ketones is 1. The van der Waals surface area contributed by atoms with Crippen molar-refractivity contribution in [2.45, 2.75) is 33.6 Å². The van der Waals surface area contributed by atoms with Crippen LogP contribution in [0.3, 0.4) is 0 Å². The molecule has 0 aromatic rings. The Morgan fingerprint density at radius 3 is 1.84 bits per heavy atom. The van der Waals surface area contributed by atoms with Gasteiger partial charge in [-0.25, -0.2) is 0 Å². The van der Waals surface area contributed by atoms with E-state index in [1.165, 1.54) is 0 Å². The minimum Gasteiger partial charge on any atom is -0.379 e. The van der Waals surface area contributed by atoms with Gasteiger partial charge in [0.2, 0.25) is 0 Å². The van der Waals surface area contributed by atoms with Crippen LogP contribution < -0.4 is 5.32 Å². The lowest BCUT2D eigenvalue weighted by Gasteiger charge is -2.06. The second-order valence-corrected chi connectivity index (χ2v) is 3.58. The molecular weight excluding hydrogens is 246 g/mol. The van der Waals surface area contributed by atoms with Crippen molar-refractivity contribution in [2.24, 2.45) is 0 Å². The van der Waals surface area contributed by atoms with E-state index in [1.54, 1.807) is 0 Å². The van der Waals surface area contributed by atoms with Gasteiger partial charge in [0, 0.05) is 19.4 Å². The van der Waals surface area contributed by atoms with Crippen LogP contribution in [0.15, 0.2) is 0 Å². The summed E-state index contributed by atoms with van der Waals surface area (Å²) in [6.07, 6.45) is 1.09. The molecule has 0 aliphatic rings. The van der Waals surface area contributed by atoms with Crippen molar-refractivity contribution in [1.82, 2.24) is 5.32 Å². The molecule has 0 aliphatic heterocycles. The summed E-state index contributed by atoms with van der Waals surface area (Å²) in [5, 5.41) is 2.99. The van der Waals surface area contributed by atoms with E-state index in [0.29, 0.717) is 52.5 Å². The van der Waals surface area contributed by atoms with Crippen LogP contribution in [0, 0.1) is 0 Å². The molecule has 116 valence electrons. The second-order valence-electron chi connectivity index (χ2n) is 3.58. The van der Waals surface area contributed by atoms with E-state index >= 15 is 0 Å². The molecule has 0 aromatic heterocycles. The average molecular weight is 277 g/mol. The van der Waals surface area contributed by atoms with E-state index in [9.17, 15) is 4.79 Å². The highest BCUT2D eigenvalue weighted by molar-refractivity contribution is 5.78. The molecule has 0 bridgehead atoms. The normalized spacial score (nSPS) is 9.89. The molecule has 0 radical (unpaired) electrons. The van der Waals surface area contributed by atoms with E-state index in [1.807, 2.05) is 27.8 Å². The molecule has 0 aliphatic carbocycles. The predicted octanol–water partition coefficient (Wildman–Crippen LogP) is 1.65. The Balaban J connectivity index is 0. The Labute approximate surface area is 118 Å². The molecular formula is C14H31NO4. The molecule has 0 atom stereocenters. The highest BCUT2D eigenvalue weighted by Crippen LogP contribution is 1.90. The number of carbonyl (C=O) groups excluding carboxylic acids is 1. The standard InChI is InChI=1S/C12H25NO4.C2H6/c1-3-12(14)4-6-15-8-10-17-11-9-16-7-5-13-2;1-2/h13H,3-11H2,1-2H3;1-2H3. The Hall–Kier alpha value is -0.490. The first-order chi connectivity index (χ1) is 9.31. The first-order valence-electron chi connectivity index (χ1n) is 7.20. The molecule has 0 amide bonds. The van der Waals surface area contributed by atoms with Crippen LogP contribution in [-0.4, -0.2) is 59.0 Å². The van der Waals surface area contributed by atoms with Gasteiger partial charge in [-0.15, -0.1) is 0 Å². The molecule has 0 fully saturated rings. The minimum absolute atomic E-state index is 0.240. The van der Waals surface area contributed by atoms with Crippen molar-refractivity contribution in [1.29, 1.82) is 0 Å². The molecule has 0 unspecified atom stereocenters. The summed E-state index contributed by atoms with van der Waals surface area (Å²) in [5.41, 5.74) is 0. The predicted molar refractivity (Wildman–Crippen MR) is 77.6 cm³/mol. The van der Waals surface area contributed by atoms with Gasteiger partial charge in [0.25, 0.3) is 0 Å². The number of Topliss-reactive ketones (excluding diaryl/α,β-unsaturated/α-hetero) is 1. The monoisotopic (exact) mass is 277 g/mol. The lowest BCUT2D eigenvalue weighted by Crippen LogP contribution is -2.16. The number of rotatable bonds is 13. The van der Waals surface area contributed by atoms with Crippen LogP contribution >= 0.6 is 0 Å². The zero-order valence-corrected chi connectivity index (χ0v) is 13.0. The van der Waals surface area contributed by atoms with Gasteiger partial charge in [0.15, 0.2) is 0 Å². The first kappa shape index (κ1) is 20.8. The second kappa shape index (κ2) is 19.8. The smallest absolute Gasteiger partial charge is 0.134 e. The molecule has 5 nitrogen and oxygen atoms in total. The maximum absolute atomic E-state index is 10.9. The van der Waals surface area contributed by atoms with Crippen molar-refractivity contribution in [3.05, 3.63) is 0 Å². The minimum atomic E-state index is 0.240. The average Bonchev–Trinajstić information content (AvgIpc) is 2.46. The lowest BCUT2D eigenvalue weighted by molar-refractivity contribution is -0.119. The summed E-state index contributed by atoms with van der Waals surface area (Å²) in [5.74, 6) is 0.240. The molecule has 0 spiro atoms. The molecule has 19 heavy (non-hydrogen) atoms. The Kier molecular flexibility index (Phi) is 21.7. The molecule has 0 aromatic carbocycles. The quantitative estimate of drug-likeness (QED) is 0.519. The fourth-order valence-electron chi connectivity index (χ4n) is 1.08. The molecule has 0 saturated carbocycles. The van der Waals surface area contributed by atoms with Crippen LogP contribution in [0.25, 0.3) is 0 Å². The third-order valence-electron chi connectivity index (χ3n) is 2.16. The van der Waals surface area contributed by atoms with Crippen LogP contribution in [0.1, 0.15) is 33.6 Å². The van der Waals surface area contributed by atoms with Crippen LogP contribution in [0.5, 0.6) is 0 Å². The molecule has 0 heterocycles. The SMILES string of the molecule is CC.CCC(=O)CCOCCOCCOCCNC. The van der Waals surface area contributed by atoms with Crippen molar-refractivity contribution < 1.29 is 19.0 Å². The maximum atomic E-state index is 10.9. The van der Waals surface area contributed by atoms with Crippen LogP contribution in [-0.2, 0) is 19.0 Å². The summed E-state index contributed by atoms with van der Waals surface area (Å²) < 4.78 is 15.8. The van der Waals surface area contributed by atoms with Gasteiger partial charge in [0.1, 0.15) is 5.78 Å². The largest absolute Gasteiger partial charge is 0.379 e. The zero-order valence-electron chi connectivity index (χ0n) is 13.0. The molecule has 0 saturated heterocycles. The van der Waals surface area contributed by atoms with Crippen molar-refractivity contribution in [3.63, 3.8) is 0 Å². The van der Waals surface area contributed by atoms with Gasteiger partial charge in [-0.05, 0) is 7.05 Å². The van der Waals surface area contributed by atoms with Gasteiger partial charge in [0.05, 0.1) is 39.6 Å². The summed E-state index contributed by atoms with van der Waals surface area (Å²) >= 11 is 0. The van der Waals surface area contributed by atoms with Gasteiger partial charge in [-0.2, -0.15) is 0 Å². The topological polar surface area (TPSA) is 56.8 Å². The summed E-state index contributed by atoms with van der Waals surface area (Å²) in [6, 6.07) is 0. The maximum Gasteiger partial charge on any atom is 0.134 e. The van der Waals surface area contributed by atoms with Gasteiger partial charge in [-0.1, -0.05) is 20.8 Å². The van der Waals surface area contributed by atoms with E-state index < -0.39 is 0 Å². The summed E-state index contributed by atoms with van der Waals surface area (Å²) in [6.45, 7) is 10.2. The zero-order chi connectivity index (χ0) is 14.8. The fraction of sp³-hybridized carbons (Fsp3) is 0.929. The summed E-state index contributed by atoms with van der Waals surface area (Å²) in [7, 11) is 1.89. The van der Waals surface area contributed by atoms with Crippen molar-refractivity contribution in [3.8, 4) is 0 Å². The third-order valence-corrected chi connectivity index (χ3v) is 2.16. The van der Waals surface area contributed by atoms with E-state index in [4.69, 9.17) is 14.2 Å². The Bertz CT molecular complexity index is 177. The Morgan fingerprint density at radius 2 is 1.37 bits per heavy atom.